The second kappa shape index (κ2) is 8.32. The fourth-order valence-corrected chi connectivity index (χ4v) is 4.64. The van der Waals surface area contributed by atoms with E-state index in [2.05, 4.69) is 92.9 Å². The molecule has 0 amide bonds. The Morgan fingerprint density at radius 1 is 0.758 bits per heavy atom. The Morgan fingerprint density at radius 3 is 2.09 bits per heavy atom. The molecule has 5 heteroatoms. The number of rotatable bonds is 5. The van der Waals surface area contributed by atoms with Crippen molar-refractivity contribution in [3.05, 3.63) is 90.0 Å². The highest BCUT2D eigenvalue weighted by Gasteiger charge is 2.22. The fraction of sp³-hybridized carbons (Fsp3) is 0.250. The fourth-order valence-electron chi connectivity index (χ4n) is 4.64. The van der Waals surface area contributed by atoms with Gasteiger partial charge in [0.05, 0.1) is 11.2 Å². The normalized spacial score (nSPS) is 11.7. The quantitative estimate of drug-likeness (QED) is 0.304. The predicted molar refractivity (Wildman–Crippen MR) is 134 cm³/mol. The molecule has 0 radical (unpaired) electrons. The molecule has 5 rings (SSSR count). The first-order valence-electron chi connectivity index (χ1n) is 11.5. The average Bonchev–Trinajstić information content (AvgIpc) is 3.42. The lowest BCUT2D eigenvalue weighted by Crippen LogP contribution is -2.09. The van der Waals surface area contributed by atoms with E-state index < -0.39 is 0 Å². The molecule has 0 bridgehead atoms. The Bertz CT molecular complexity index is 1400. The average molecular weight is 436 g/mol. The van der Waals surface area contributed by atoms with E-state index in [1.54, 1.807) is 6.33 Å². The third-order valence-electron chi connectivity index (χ3n) is 6.21. The molecule has 166 valence electrons. The summed E-state index contributed by atoms with van der Waals surface area (Å²) < 4.78 is 4.21. The predicted octanol–water partition coefficient (Wildman–Crippen LogP) is 6.83. The van der Waals surface area contributed by atoms with E-state index in [4.69, 9.17) is 15.1 Å². The van der Waals surface area contributed by atoms with E-state index in [9.17, 15) is 0 Å². The van der Waals surface area contributed by atoms with Crippen molar-refractivity contribution in [2.75, 3.05) is 0 Å². The minimum Gasteiger partial charge on any atom is -0.297 e. The van der Waals surface area contributed by atoms with Crippen LogP contribution >= 0.6 is 0 Å². The Morgan fingerprint density at radius 2 is 1.42 bits per heavy atom. The number of hydrogen-bond acceptors (Lipinski definition) is 3. The molecule has 5 nitrogen and oxygen atoms in total. The monoisotopic (exact) mass is 435 g/mol. The highest BCUT2D eigenvalue weighted by Crippen LogP contribution is 2.35. The minimum atomic E-state index is 0.367. The summed E-state index contributed by atoms with van der Waals surface area (Å²) in [4.78, 5) is 9.71. The van der Waals surface area contributed by atoms with Crippen LogP contribution in [0.15, 0.2) is 73.1 Å². The largest absolute Gasteiger partial charge is 0.297 e. The van der Waals surface area contributed by atoms with Gasteiger partial charge in [-0.3, -0.25) is 4.57 Å². The number of aromatic nitrogens is 5. The van der Waals surface area contributed by atoms with E-state index in [-0.39, 0.29) is 0 Å². The number of benzene rings is 3. The van der Waals surface area contributed by atoms with Gasteiger partial charge in [-0.2, -0.15) is 5.10 Å². The lowest BCUT2D eigenvalue weighted by Gasteiger charge is -2.20. The number of para-hydroxylation sites is 3. The molecule has 5 aromatic rings. The molecule has 0 N–H and O–H groups in total. The second-order valence-corrected chi connectivity index (χ2v) is 9.09. The van der Waals surface area contributed by atoms with Crippen LogP contribution in [0.1, 0.15) is 56.5 Å². The van der Waals surface area contributed by atoms with E-state index in [0.717, 1.165) is 39.6 Å². The zero-order valence-corrected chi connectivity index (χ0v) is 19.8. The van der Waals surface area contributed by atoms with Crippen LogP contribution in [0.5, 0.6) is 0 Å². The number of nitrogens with zero attached hydrogens (tertiary/aromatic N) is 5. The summed E-state index contributed by atoms with van der Waals surface area (Å²) in [5, 5.41) is 4.71. The molecule has 0 spiro atoms. The second-order valence-electron chi connectivity index (χ2n) is 9.09. The first-order valence-corrected chi connectivity index (χ1v) is 11.5. The summed E-state index contributed by atoms with van der Waals surface area (Å²) in [6, 6.07) is 23.2. The zero-order chi connectivity index (χ0) is 23.1. The molecule has 3 aromatic carbocycles. The lowest BCUT2D eigenvalue weighted by molar-refractivity contribution is 0.773. The van der Waals surface area contributed by atoms with Gasteiger partial charge in [0.25, 0.3) is 0 Å². The number of hydrogen-bond donors (Lipinski definition) is 0. The summed E-state index contributed by atoms with van der Waals surface area (Å²) in [7, 11) is 0. The molecule has 0 aliphatic carbocycles. The topological polar surface area (TPSA) is 48.5 Å². The molecule has 0 saturated heterocycles. The van der Waals surface area contributed by atoms with Gasteiger partial charge in [0.1, 0.15) is 17.7 Å². The van der Waals surface area contributed by atoms with E-state index in [1.807, 2.05) is 17.7 Å². The molecule has 0 aliphatic heterocycles. The van der Waals surface area contributed by atoms with E-state index in [1.165, 1.54) is 11.1 Å². The van der Waals surface area contributed by atoms with Crippen molar-refractivity contribution in [2.24, 2.45) is 0 Å². The van der Waals surface area contributed by atoms with Crippen LogP contribution in [0.2, 0.25) is 0 Å². The third kappa shape index (κ3) is 3.54. The van der Waals surface area contributed by atoms with Crippen molar-refractivity contribution in [2.45, 2.75) is 46.5 Å². The van der Waals surface area contributed by atoms with Gasteiger partial charge in [-0.05, 0) is 54.2 Å². The Balaban J connectivity index is 1.77. The smallest absolute Gasteiger partial charge is 0.165 e. The molecule has 0 unspecified atom stereocenters. The summed E-state index contributed by atoms with van der Waals surface area (Å²) in [5.74, 6) is 2.49. The Hall–Kier alpha value is -3.73. The molecule has 0 fully saturated rings. The molecule has 0 atom stereocenters. The van der Waals surface area contributed by atoms with Crippen LogP contribution in [0, 0.1) is 6.92 Å². The van der Waals surface area contributed by atoms with Crippen LogP contribution in [0.3, 0.4) is 0 Å². The van der Waals surface area contributed by atoms with Gasteiger partial charge in [0.2, 0.25) is 0 Å². The van der Waals surface area contributed by atoms with Crippen LogP contribution in [0.4, 0.5) is 0 Å². The highest BCUT2D eigenvalue weighted by atomic mass is 15.3. The number of imidazole rings is 1. The van der Waals surface area contributed by atoms with Crippen molar-refractivity contribution >= 4 is 11.0 Å². The van der Waals surface area contributed by atoms with Crippen molar-refractivity contribution in [3.63, 3.8) is 0 Å². The van der Waals surface area contributed by atoms with Gasteiger partial charge >= 0.3 is 0 Å². The van der Waals surface area contributed by atoms with Gasteiger partial charge in [-0.15, -0.1) is 0 Å². The maximum absolute atomic E-state index is 4.98. The summed E-state index contributed by atoms with van der Waals surface area (Å²) in [6.45, 7) is 11.0. The first kappa shape index (κ1) is 21.1. The van der Waals surface area contributed by atoms with E-state index >= 15 is 0 Å². The highest BCUT2D eigenvalue weighted by molar-refractivity contribution is 5.92. The lowest BCUT2D eigenvalue weighted by atomic mass is 9.92. The van der Waals surface area contributed by atoms with Gasteiger partial charge in [0.15, 0.2) is 5.82 Å². The molecule has 2 aromatic heterocycles. The third-order valence-corrected chi connectivity index (χ3v) is 6.21. The van der Waals surface area contributed by atoms with Gasteiger partial charge < -0.3 is 0 Å². The molecular formula is C28H29N5. The van der Waals surface area contributed by atoms with Crippen molar-refractivity contribution in [1.29, 1.82) is 0 Å². The van der Waals surface area contributed by atoms with E-state index in [0.29, 0.717) is 11.8 Å². The van der Waals surface area contributed by atoms with Crippen LogP contribution in [-0.4, -0.2) is 24.3 Å². The number of aryl methyl sites for hydroxylation is 1. The van der Waals surface area contributed by atoms with Crippen LogP contribution in [0.25, 0.3) is 33.8 Å². The Kier molecular flexibility index (Phi) is 5.33. The summed E-state index contributed by atoms with van der Waals surface area (Å²) >= 11 is 0. The van der Waals surface area contributed by atoms with Gasteiger partial charge in [-0.1, -0.05) is 70.2 Å². The molecule has 33 heavy (non-hydrogen) atoms. The summed E-state index contributed by atoms with van der Waals surface area (Å²) in [5.41, 5.74) is 7.75. The molecule has 0 saturated carbocycles. The SMILES string of the molecule is Cc1nc2c(-c3ncnn3-c3c(C(C)C)cccc3C(C)C)cccc2n1-c1ccccc1. The minimum absolute atomic E-state index is 0.367. The van der Waals surface area contributed by atoms with Gasteiger partial charge in [0, 0.05) is 11.3 Å². The molecular weight excluding hydrogens is 406 g/mol. The van der Waals surface area contributed by atoms with Crippen molar-refractivity contribution < 1.29 is 0 Å². The van der Waals surface area contributed by atoms with Crippen LogP contribution in [-0.2, 0) is 0 Å². The first-order chi connectivity index (χ1) is 16.0. The van der Waals surface area contributed by atoms with Crippen molar-refractivity contribution in [3.8, 4) is 22.8 Å². The molecule has 0 aliphatic rings. The van der Waals surface area contributed by atoms with Crippen molar-refractivity contribution in [1.82, 2.24) is 24.3 Å². The Labute approximate surface area is 194 Å². The molecule has 2 heterocycles. The maximum atomic E-state index is 4.98. The standard InChI is InChI=1S/C28H29N5/c1-18(2)22-13-9-14-23(19(3)4)27(22)33-28(29-17-30-33)24-15-10-16-25-26(24)31-20(5)32(25)21-11-7-6-8-12-21/h6-19H,1-5H3. The van der Waals surface area contributed by atoms with Gasteiger partial charge in [-0.25, -0.2) is 14.6 Å². The maximum Gasteiger partial charge on any atom is 0.165 e. The summed E-state index contributed by atoms with van der Waals surface area (Å²) in [6.07, 6.45) is 1.65. The number of fused-ring (bicyclic) bond motifs is 1. The zero-order valence-electron chi connectivity index (χ0n) is 19.8. The van der Waals surface area contributed by atoms with Crippen LogP contribution < -0.4 is 0 Å².